The van der Waals surface area contributed by atoms with E-state index in [4.69, 9.17) is 4.74 Å². The Hall–Kier alpha value is -1.97. The monoisotopic (exact) mass is 398 g/mol. The highest BCUT2D eigenvalue weighted by atomic mass is 32.2. The lowest BCUT2D eigenvalue weighted by molar-refractivity contribution is -0.120. The molecule has 1 atom stereocenters. The predicted octanol–water partition coefficient (Wildman–Crippen LogP) is 2.38. The van der Waals surface area contributed by atoms with Gasteiger partial charge in [0.05, 0.1) is 11.8 Å². The van der Waals surface area contributed by atoms with Crippen LogP contribution in [0.25, 0.3) is 0 Å². The molecule has 1 aliphatic heterocycles. The molecule has 1 unspecified atom stereocenters. The number of benzene rings is 1. The molecule has 6 nitrogen and oxygen atoms in total. The summed E-state index contributed by atoms with van der Waals surface area (Å²) in [5.41, 5.74) is 0.229. The zero-order valence-corrected chi connectivity index (χ0v) is 15.6. The number of rotatable bonds is 7. The molecule has 0 radical (unpaired) electrons. The molecular weight excluding hydrogens is 379 g/mol. The lowest BCUT2D eigenvalue weighted by Gasteiger charge is -2.23. The molecule has 2 aromatic rings. The number of amides is 1. The highest BCUT2D eigenvalue weighted by molar-refractivity contribution is 7.94. The minimum Gasteiger partial charge on any atom is -0.376 e. The van der Waals surface area contributed by atoms with Crippen molar-refractivity contribution >= 4 is 33.0 Å². The first-order chi connectivity index (χ1) is 12.5. The largest absolute Gasteiger partial charge is 0.376 e. The van der Waals surface area contributed by atoms with E-state index < -0.39 is 28.3 Å². The molecule has 140 valence electrons. The van der Waals surface area contributed by atoms with Crippen LogP contribution >= 0.6 is 11.3 Å². The Bertz CT molecular complexity index is 832. The van der Waals surface area contributed by atoms with Crippen molar-refractivity contribution in [3.05, 3.63) is 47.6 Å². The van der Waals surface area contributed by atoms with Crippen LogP contribution in [0.1, 0.15) is 12.8 Å². The van der Waals surface area contributed by atoms with E-state index in [0.29, 0.717) is 13.2 Å². The van der Waals surface area contributed by atoms with Crippen LogP contribution in [0.3, 0.4) is 0 Å². The summed E-state index contributed by atoms with van der Waals surface area (Å²) >= 11 is 1.06. The SMILES string of the molecule is O=C(CN(c1ccc(F)cc1)S(=O)(=O)c1cccs1)NCC1CCCO1. The number of anilines is 1. The maximum absolute atomic E-state index is 13.2. The second kappa shape index (κ2) is 8.15. The highest BCUT2D eigenvalue weighted by Crippen LogP contribution is 2.26. The quantitative estimate of drug-likeness (QED) is 0.777. The second-order valence-corrected chi connectivity index (χ2v) is 8.90. The minimum absolute atomic E-state index is 0.0351. The Balaban J connectivity index is 1.78. The molecule has 1 aromatic heterocycles. The molecule has 26 heavy (non-hydrogen) atoms. The van der Waals surface area contributed by atoms with Crippen LogP contribution in [0, 0.1) is 5.82 Å². The van der Waals surface area contributed by atoms with E-state index in [-0.39, 0.29) is 16.0 Å². The summed E-state index contributed by atoms with van der Waals surface area (Å²) in [5.74, 6) is -0.921. The van der Waals surface area contributed by atoms with Gasteiger partial charge in [-0.05, 0) is 48.6 Å². The Morgan fingerprint density at radius 2 is 2.08 bits per heavy atom. The van der Waals surface area contributed by atoms with Gasteiger partial charge in [-0.1, -0.05) is 6.07 Å². The molecule has 1 amide bonds. The van der Waals surface area contributed by atoms with E-state index in [1.807, 2.05) is 0 Å². The maximum Gasteiger partial charge on any atom is 0.274 e. The number of nitrogens with one attached hydrogen (secondary N) is 1. The molecular formula is C17H19FN2O4S2. The first-order valence-corrected chi connectivity index (χ1v) is 10.5. The second-order valence-electron chi connectivity index (χ2n) is 5.86. The van der Waals surface area contributed by atoms with E-state index in [0.717, 1.165) is 40.6 Å². The van der Waals surface area contributed by atoms with Crippen LogP contribution in [0.5, 0.6) is 0 Å². The van der Waals surface area contributed by atoms with Gasteiger partial charge in [-0.25, -0.2) is 12.8 Å². The van der Waals surface area contributed by atoms with Gasteiger partial charge in [-0.3, -0.25) is 9.10 Å². The third kappa shape index (κ3) is 4.40. The summed E-state index contributed by atoms with van der Waals surface area (Å²) in [7, 11) is -3.92. The summed E-state index contributed by atoms with van der Waals surface area (Å²) < 4.78 is 45.6. The van der Waals surface area contributed by atoms with Crippen molar-refractivity contribution in [2.45, 2.75) is 23.2 Å². The van der Waals surface area contributed by atoms with Crippen LogP contribution in [-0.4, -0.2) is 40.1 Å². The van der Waals surface area contributed by atoms with E-state index in [1.165, 1.54) is 18.2 Å². The number of halogens is 1. The third-order valence-corrected chi connectivity index (χ3v) is 7.14. The number of hydrogen-bond acceptors (Lipinski definition) is 5. The fraction of sp³-hybridized carbons (Fsp3) is 0.353. The highest BCUT2D eigenvalue weighted by Gasteiger charge is 2.28. The maximum atomic E-state index is 13.2. The van der Waals surface area contributed by atoms with Crippen molar-refractivity contribution in [3.8, 4) is 0 Å². The molecule has 9 heteroatoms. The fourth-order valence-electron chi connectivity index (χ4n) is 2.66. The zero-order valence-electron chi connectivity index (χ0n) is 13.9. The van der Waals surface area contributed by atoms with Crippen LogP contribution in [0.2, 0.25) is 0 Å². The molecule has 1 aliphatic rings. The van der Waals surface area contributed by atoms with Crippen molar-refractivity contribution in [1.29, 1.82) is 0 Å². The smallest absolute Gasteiger partial charge is 0.274 e. The summed E-state index contributed by atoms with van der Waals surface area (Å²) in [6, 6.07) is 8.10. The van der Waals surface area contributed by atoms with Crippen LogP contribution in [-0.2, 0) is 19.6 Å². The van der Waals surface area contributed by atoms with Crippen molar-refractivity contribution in [2.75, 3.05) is 24.0 Å². The third-order valence-electron chi connectivity index (χ3n) is 3.99. The number of carbonyl (C=O) groups is 1. The van der Waals surface area contributed by atoms with Crippen molar-refractivity contribution in [3.63, 3.8) is 0 Å². The van der Waals surface area contributed by atoms with Crippen molar-refractivity contribution < 1.29 is 22.3 Å². The van der Waals surface area contributed by atoms with E-state index in [1.54, 1.807) is 11.4 Å². The molecule has 1 N–H and O–H groups in total. The van der Waals surface area contributed by atoms with Crippen LogP contribution in [0.15, 0.2) is 46.0 Å². The Morgan fingerprint density at radius 1 is 1.31 bits per heavy atom. The molecule has 0 aliphatic carbocycles. The number of hydrogen-bond donors (Lipinski definition) is 1. The fourth-order valence-corrected chi connectivity index (χ4v) is 5.19. The van der Waals surface area contributed by atoms with Gasteiger partial charge >= 0.3 is 0 Å². The minimum atomic E-state index is -3.92. The molecule has 0 bridgehead atoms. The van der Waals surface area contributed by atoms with Gasteiger partial charge in [-0.2, -0.15) is 0 Å². The Morgan fingerprint density at radius 3 is 2.69 bits per heavy atom. The molecule has 1 aromatic carbocycles. The van der Waals surface area contributed by atoms with Crippen LogP contribution < -0.4 is 9.62 Å². The molecule has 3 rings (SSSR count). The van der Waals surface area contributed by atoms with Crippen molar-refractivity contribution in [1.82, 2.24) is 5.32 Å². The summed E-state index contributed by atoms with van der Waals surface area (Å²) in [6.07, 6.45) is 1.79. The summed E-state index contributed by atoms with van der Waals surface area (Å²) in [4.78, 5) is 12.3. The predicted molar refractivity (Wildman–Crippen MR) is 97.2 cm³/mol. The molecule has 0 saturated carbocycles. The average Bonchev–Trinajstić information content (AvgIpc) is 3.32. The first-order valence-electron chi connectivity index (χ1n) is 8.17. The summed E-state index contributed by atoms with van der Waals surface area (Å²) in [6.45, 7) is 0.628. The molecule has 2 heterocycles. The zero-order chi connectivity index (χ0) is 18.6. The number of carbonyl (C=O) groups excluding carboxylic acids is 1. The normalized spacial score (nSPS) is 17.2. The van der Waals surface area contributed by atoms with Gasteiger partial charge in [0.2, 0.25) is 5.91 Å². The first kappa shape index (κ1) is 18.8. The molecule has 1 saturated heterocycles. The Labute approximate surface area is 155 Å². The van der Waals surface area contributed by atoms with Gasteiger partial charge in [0.15, 0.2) is 0 Å². The number of thiophene rings is 1. The average molecular weight is 398 g/mol. The van der Waals surface area contributed by atoms with Gasteiger partial charge in [0.1, 0.15) is 16.6 Å². The lowest BCUT2D eigenvalue weighted by atomic mass is 10.2. The standard InChI is InChI=1S/C17H19FN2O4S2/c18-13-5-7-14(8-6-13)20(26(22,23)17-4-2-10-25-17)12-16(21)19-11-15-3-1-9-24-15/h2,4-8,10,15H,1,3,9,11-12H2,(H,19,21). The van der Waals surface area contributed by atoms with Gasteiger partial charge in [0, 0.05) is 13.2 Å². The number of nitrogens with zero attached hydrogens (tertiary/aromatic N) is 1. The lowest BCUT2D eigenvalue weighted by Crippen LogP contribution is -2.42. The molecule has 1 fully saturated rings. The number of ether oxygens (including phenoxy) is 1. The topological polar surface area (TPSA) is 75.7 Å². The van der Waals surface area contributed by atoms with Crippen molar-refractivity contribution in [2.24, 2.45) is 0 Å². The van der Waals surface area contributed by atoms with E-state index >= 15 is 0 Å². The summed E-state index contributed by atoms with van der Waals surface area (Å²) in [5, 5.41) is 4.36. The Kier molecular flexibility index (Phi) is 5.90. The van der Waals surface area contributed by atoms with Gasteiger partial charge < -0.3 is 10.1 Å². The number of sulfonamides is 1. The van der Waals surface area contributed by atoms with Gasteiger partial charge in [0.25, 0.3) is 10.0 Å². The van der Waals surface area contributed by atoms with E-state index in [9.17, 15) is 17.6 Å². The molecule has 0 spiro atoms. The van der Waals surface area contributed by atoms with Gasteiger partial charge in [-0.15, -0.1) is 11.3 Å². The van der Waals surface area contributed by atoms with Crippen LogP contribution in [0.4, 0.5) is 10.1 Å². The van der Waals surface area contributed by atoms with E-state index in [2.05, 4.69) is 5.32 Å².